The van der Waals surface area contributed by atoms with Gasteiger partial charge in [0, 0.05) is 24.5 Å². The molecule has 0 aromatic carbocycles. The Hall–Kier alpha value is -1.16. The highest BCUT2D eigenvalue weighted by Gasteiger charge is 2.15. The van der Waals surface area contributed by atoms with Gasteiger partial charge in [-0.3, -0.25) is 4.79 Å². The fraction of sp³-hybridized carbons (Fsp3) is 0.667. The molecule has 0 amide bonds. The van der Waals surface area contributed by atoms with E-state index in [4.69, 9.17) is 0 Å². The maximum Gasteiger partial charge on any atom is 0.211 e. The monoisotopic (exact) mass is 223 g/mol. The number of ketones is 1. The van der Waals surface area contributed by atoms with Crippen molar-refractivity contribution >= 4 is 5.78 Å². The van der Waals surface area contributed by atoms with Gasteiger partial charge >= 0.3 is 0 Å². The number of Topliss-reactive ketones (excluding diaryl/α,β-unsaturated/α-hetero) is 1. The highest BCUT2D eigenvalue weighted by atomic mass is 16.1. The third-order valence-corrected chi connectivity index (χ3v) is 2.21. The highest BCUT2D eigenvalue weighted by Crippen LogP contribution is 2.02. The molecule has 0 aliphatic rings. The number of rotatable bonds is 5. The molecule has 0 aliphatic carbocycles. The molecule has 0 bridgehead atoms. The van der Waals surface area contributed by atoms with E-state index in [-0.39, 0.29) is 11.3 Å². The molecule has 1 N–H and O–H groups in total. The second kappa shape index (κ2) is 5.25. The molecule has 0 aliphatic heterocycles. The van der Waals surface area contributed by atoms with Gasteiger partial charge in [0.1, 0.15) is 0 Å². The van der Waals surface area contributed by atoms with E-state index in [0.717, 1.165) is 13.0 Å². The van der Waals surface area contributed by atoms with Crippen molar-refractivity contribution in [1.82, 2.24) is 14.9 Å². The van der Waals surface area contributed by atoms with Crippen LogP contribution in [-0.4, -0.2) is 27.4 Å². The molecule has 90 valence electrons. The van der Waals surface area contributed by atoms with Crippen molar-refractivity contribution in [2.75, 3.05) is 6.54 Å². The molecular weight excluding hydrogens is 202 g/mol. The standard InChI is InChI=1S/C12H21N3O/c1-5-7-15-8-6-13-11(15)10(16)9-14-12(2,3)4/h6,8,14H,5,7,9H2,1-4H3. The van der Waals surface area contributed by atoms with Crippen molar-refractivity contribution in [1.29, 1.82) is 0 Å². The summed E-state index contributed by atoms with van der Waals surface area (Å²) in [6.45, 7) is 9.39. The molecule has 0 atom stereocenters. The van der Waals surface area contributed by atoms with Gasteiger partial charge in [-0.2, -0.15) is 0 Å². The second-order valence-electron chi connectivity index (χ2n) is 4.97. The Morgan fingerprint density at radius 1 is 1.50 bits per heavy atom. The first-order valence-corrected chi connectivity index (χ1v) is 5.73. The van der Waals surface area contributed by atoms with E-state index in [1.54, 1.807) is 6.20 Å². The van der Waals surface area contributed by atoms with Crippen LogP contribution in [0.5, 0.6) is 0 Å². The van der Waals surface area contributed by atoms with E-state index < -0.39 is 0 Å². The third-order valence-electron chi connectivity index (χ3n) is 2.21. The van der Waals surface area contributed by atoms with E-state index in [1.165, 1.54) is 0 Å². The lowest BCUT2D eigenvalue weighted by Crippen LogP contribution is -2.39. The third kappa shape index (κ3) is 3.77. The van der Waals surface area contributed by atoms with Crippen LogP contribution in [0.1, 0.15) is 44.7 Å². The first kappa shape index (κ1) is 12.9. The fourth-order valence-corrected chi connectivity index (χ4v) is 1.41. The molecule has 16 heavy (non-hydrogen) atoms. The van der Waals surface area contributed by atoms with Crippen molar-refractivity contribution in [2.24, 2.45) is 0 Å². The Bertz CT molecular complexity index is 349. The summed E-state index contributed by atoms with van der Waals surface area (Å²) in [6, 6.07) is 0. The number of aryl methyl sites for hydroxylation is 1. The van der Waals surface area contributed by atoms with Gasteiger partial charge in [-0.25, -0.2) is 4.98 Å². The minimum Gasteiger partial charge on any atom is -0.328 e. The van der Waals surface area contributed by atoms with Crippen LogP contribution in [-0.2, 0) is 6.54 Å². The van der Waals surface area contributed by atoms with Crippen molar-refractivity contribution in [2.45, 2.75) is 46.2 Å². The molecule has 0 fully saturated rings. The van der Waals surface area contributed by atoms with Gasteiger partial charge in [-0.1, -0.05) is 6.92 Å². The van der Waals surface area contributed by atoms with Crippen molar-refractivity contribution in [3.63, 3.8) is 0 Å². The smallest absolute Gasteiger partial charge is 0.211 e. The minimum atomic E-state index is -0.0438. The molecule has 0 unspecified atom stereocenters. The Kier molecular flexibility index (Phi) is 4.24. The summed E-state index contributed by atoms with van der Waals surface area (Å²) in [6.07, 6.45) is 4.54. The molecule has 0 spiro atoms. The zero-order valence-corrected chi connectivity index (χ0v) is 10.6. The van der Waals surface area contributed by atoms with Crippen molar-refractivity contribution in [3.05, 3.63) is 18.2 Å². The summed E-state index contributed by atoms with van der Waals surface area (Å²) in [5, 5.41) is 3.18. The summed E-state index contributed by atoms with van der Waals surface area (Å²) in [5.41, 5.74) is -0.0438. The van der Waals surface area contributed by atoms with Crippen LogP contribution >= 0.6 is 0 Å². The zero-order valence-electron chi connectivity index (χ0n) is 10.6. The van der Waals surface area contributed by atoms with Gasteiger partial charge in [0.2, 0.25) is 5.78 Å². The largest absolute Gasteiger partial charge is 0.328 e. The van der Waals surface area contributed by atoms with Crippen LogP contribution < -0.4 is 5.32 Å². The molecule has 1 aromatic heterocycles. The maximum absolute atomic E-state index is 11.9. The average molecular weight is 223 g/mol. The van der Waals surface area contributed by atoms with Crippen molar-refractivity contribution in [3.8, 4) is 0 Å². The Balaban J connectivity index is 2.62. The molecule has 0 saturated heterocycles. The van der Waals surface area contributed by atoms with Crippen LogP contribution in [0.25, 0.3) is 0 Å². The number of nitrogens with zero attached hydrogens (tertiary/aromatic N) is 2. The molecule has 1 rings (SSSR count). The predicted octanol–water partition coefficient (Wildman–Crippen LogP) is 1.86. The fourth-order valence-electron chi connectivity index (χ4n) is 1.41. The van der Waals surface area contributed by atoms with Gasteiger partial charge in [0.25, 0.3) is 0 Å². The summed E-state index contributed by atoms with van der Waals surface area (Å²) in [4.78, 5) is 16.0. The van der Waals surface area contributed by atoms with Gasteiger partial charge in [0.05, 0.1) is 6.54 Å². The molecular formula is C12H21N3O. The SMILES string of the molecule is CCCn1ccnc1C(=O)CNC(C)(C)C. The summed E-state index contributed by atoms with van der Waals surface area (Å²) >= 11 is 0. The summed E-state index contributed by atoms with van der Waals surface area (Å²) < 4.78 is 1.91. The van der Waals surface area contributed by atoms with Crippen LogP contribution in [0.3, 0.4) is 0 Å². The highest BCUT2D eigenvalue weighted by molar-refractivity contribution is 5.94. The molecule has 4 nitrogen and oxygen atoms in total. The van der Waals surface area contributed by atoms with Crippen LogP contribution in [0.4, 0.5) is 0 Å². The number of aromatic nitrogens is 2. The molecule has 1 aromatic rings. The average Bonchev–Trinajstić information content (AvgIpc) is 2.62. The van der Waals surface area contributed by atoms with E-state index in [0.29, 0.717) is 12.4 Å². The lowest BCUT2D eigenvalue weighted by molar-refractivity contribution is 0.0968. The molecule has 4 heteroatoms. The minimum absolute atomic E-state index is 0.0438. The second-order valence-corrected chi connectivity index (χ2v) is 4.97. The first-order chi connectivity index (χ1) is 7.44. The van der Waals surface area contributed by atoms with Crippen LogP contribution in [0.2, 0.25) is 0 Å². The number of carbonyl (C=O) groups is 1. The Labute approximate surface area is 97.1 Å². The van der Waals surface area contributed by atoms with Crippen molar-refractivity contribution < 1.29 is 4.79 Å². The first-order valence-electron chi connectivity index (χ1n) is 5.73. The van der Waals surface area contributed by atoms with Crippen LogP contribution in [0, 0.1) is 0 Å². The number of carbonyl (C=O) groups excluding carboxylic acids is 1. The van der Waals surface area contributed by atoms with Gasteiger partial charge in [-0.15, -0.1) is 0 Å². The van der Waals surface area contributed by atoms with E-state index in [2.05, 4.69) is 17.2 Å². The normalized spacial score (nSPS) is 11.8. The van der Waals surface area contributed by atoms with Crippen LogP contribution in [0.15, 0.2) is 12.4 Å². The van der Waals surface area contributed by atoms with Gasteiger partial charge < -0.3 is 9.88 Å². The lowest BCUT2D eigenvalue weighted by Gasteiger charge is -2.19. The van der Waals surface area contributed by atoms with E-state index in [9.17, 15) is 4.79 Å². The maximum atomic E-state index is 11.9. The molecule has 0 radical (unpaired) electrons. The Morgan fingerprint density at radius 2 is 2.19 bits per heavy atom. The number of hydrogen-bond acceptors (Lipinski definition) is 3. The topological polar surface area (TPSA) is 46.9 Å². The number of hydrogen-bond donors (Lipinski definition) is 1. The summed E-state index contributed by atoms with van der Waals surface area (Å²) in [5.74, 6) is 0.604. The van der Waals surface area contributed by atoms with E-state index >= 15 is 0 Å². The van der Waals surface area contributed by atoms with Gasteiger partial charge in [0.15, 0.2) is 5.82 Å². The number of imidazole rings is 1. The zero-order chi connectivity index (χ0) is 12.2. The predicted molar refractivity (Wildman–Crippen MR) is 64.6 cm³/mol. The quantitative estimate of drug-likeness (QED) is 0.775. The molecule has 1 heterocycles. The molecule has 0 saturated carbocycles. The lowest BCUT2D eigenvalue weighted by atomic mass is 10.1. The summed E-state index contributed by atoms with van der Waals surface area (Å²) in [7, 11) is 0. The number of nitrogens with one attached hydrogen (secondary N) is 1. The Morgan fingerprint density at radius 3 is 2.75 bits per heavy atom. The van der Waals surface area contributed by atoms with Gasteiger partial charge in [-0.05, 0) is 27.2 Å². The van der Waals surface area contributed by atoms with E-state index in [1.807, 2.05) is 31.5 Å².